The van der Waals surface area contributed by atoms with Crippen LogP contribution in [0.25, 0.3) is 10.9 Å². The minimum Gasteiger partial charge on any atom is -0.493 e. The number of benzene rings is 2. The minimum atomic E-state index is -4.53. The van der Waals surface area contributed by atoms with Crippen molar-refractivity contribution in [3.05, 3.63) is 58.8 Å². The van der Waals surface area contributed by atoms with E-state index in [9.17, 15) is 13.2 Å². The number of fused-ring (bicyclic) bond motifs is 3. The van der Waals surface area contributed by atoms with Gasteiger partial charge in [-0.1, -0.05) is 25.3 Å². The largest absolute Gasteiger partial charge is 0.493 e. The van der Waals surface area contributed by atoms with Gasteiger partial charge in [0.15, 0.2) is 0 Å². The summed E-state index contributed by atoms with van der Waals surface area (Å²) in [6.07, 6.45) is 2.86. The number of rotatable bonds is 5. The summed E-state index contributed by atoms with van der Waals surface area (Å²) in [5.41, 5.74) is 1.54. The molecule has 5 rings (SSSR count). The molecule has 0 saturated heterocycles. The Hall–Kier alpha value is -2.68. The molecule has 2 aromatic carbocycles. The molecule has 188 valence electrons. The van der Waals surface area contributed by atoms with Gasteiger partial charge in [-0.25, -0.2) is 8.78 Å². The van der Waals surface area contributed by atoms with Crippen molar-refractivity contribution in [2.45, 2.75) is 63.7 Å². The van der Waals surface area contributed by atoms with Gasteiger partial charge in [0.2, 0.25) is 0 Å². The van der Waals surface area contributed by atoms with E-state index in [4.69, 9.17) is 4.74 Å². The van der Waals surface area contributed by atoms with Gasteiger partial charge in [0, 0.05) is 29.1 Å². The summed E-state index contributed by atoms with van der Waals surface area (Å²) in [6, 6.07) is 3.69. The molecule has 9 heteroatoms. The molecule has 1 saturated carbocycles. The Labute approximate surface area is 200 Å². The van der Waals surface area contributed by atoms with Gasteiger partial charge >= 0.3 is 6.18 Å². The first kappa shape index (κ1) is 24.0. The van der Waals surface area contributed by atoms with E-state index in [1.54, 1.807) is 25.3 Å². The summed E-state index contributed by atoms with van der Waals surface area (Å²) in [5.74, 6) is -1.41. The van der Waals surface area contributed by atoms with Gasteiger partial charge in [-0.3, -0.25) is 10.00 Å². The first-order chi connectivity index (χ1) is 16.7. The van der Waals surface area contributed by atoms with Gasteiger partial charge in [-0.2, -0.15) is 18.3 Å². The van der Waals surface area contributed by atoms with Crippen LogP contribution in [0.15, 0.2) is 30.5 Å². The Kier molecular flexibility index (Phi) is 6.46. The van der Waals surface area contributed by atoms with Gasteiger partial charge in [0.1, 0.15) is 17.4 Å². The first-order valence-corrected chi connectivity index (χ1v) is 12.1. The molecule has 2 aliphatic rings. The molecule has 1 aromatic heterocycles. The highest BCUT2D eigenvalue weighted by Crippen LogP contribution is 2.44. The molecule has 4 nitrogen and oxygen atoms in total. The Balaban J connectivity index is 1.54. The van der Waals surface area contributed by atoms with Gasteiger partial charge in [0.05, 0.1) is 30.9 Å². The molecule has 1 N–H and O–H groups in total. The lowest BCUT2D eigenvalue weighted by molar-refractivity contribution is -0.155. The molecule has 35 heavy (non-hydrogen) atoms. The summed E-state index contributed by atoms with van der Waals surface area (Å²) < 4.78 is 77.4. The lowest BCUT2D eigenvalue weighted by Crippen LogP contribution is -2.47. The van der Waals surface area contributed by atoms with Gasteiger partial charge in [-0.05, 0) is 49.3 Å². The van der Waals surface area contributed by atoms with Crippen molar-refractivity contribution in [2.24, 2.45) is 5.92 Å². The van der Waals surface area contributed by atoms with E-state index in [1.165, 1.54) is 6.42 Å². The number of alkyl halides is 3. The highest BCUT2D eigenvalue weighted by atomic mass is 19.4. The zero-order valence-corrected chi connectivity index (χ0v) is 19.5. The summed E-state index contributed by atoms with van der Waals surface area (Å²) in [7, 11) is 0. The standard InChI is InChI=1S/C26H28F5N3O/c1-15-9-19-18(7-8-23-20(19)12-32-33-23)25(34(15)14-26(29,30)31)24-21(27)10-17(11-22(24)28)35-13-16-5-3-2-4-6-16/h7-8,10-12,15-16,25H,2-6,9,13-14H2,1H3,(H,32,33)/t15-,25+/m1/s1. The van der Waals surface area contributed by atoms with Crippen LogP contribution in [-0.4, -0.2) is 40.5 Å². The second kappa shape index (κ2) is 9.41. The van der Waals surface area contributed by atoms with Crippen molar-refractivity contribution in [2.75, 3.05) is 13.2 Å². The third-order valence-corrected chi connectivity index (χ3v) is 7.36. The highest BCUT2D eigenvalue weighted by Gasteiger charge is 2.43. The third-order valence-electron chi connectivity index (χ3n) is 7.36. The van der Waals surface area contributed by atoms with Crippen LogP contribution < -0.4 is 4.74 Å². The second-order valence-corrected chi connectivity index (χ2v) is 9.82. The fourth-order valence-corrected chi connectivity index (χ4v) is 5.67. The minimum absolute atomic E-state index is 0.0612. The first-order valence-electron chi connectivity index (χ1n) is 12.1. The number of nitrogens with zero attached hydrogens (tertiary/aromatic N) is 2. The van der Waals surface area contributed by atoms with E-state index >= 15 is 8.78 Å². The Morgan fingerprint density at radius 2 is 1.80 bits per heavy atom. The lowest BCUT2D eigenvalue weighted by Gasteiger charge is -2.42. The van der Waals surface area contributed by atoms with Crippen LogP contribution in [0.5, 0.6) is 5.75 Å². The molecule has 2 heterocycles. The van der Waals surface area contributed by atoms with E-state index in [0.29, 0.717) is 24.5 Å². The van der Waals surface area contributed by atoms with Crippen LogP contribution >= 0.6 is 0 Å². The van der Waals surface area contributed by atoms with Crippen molar-refractivity contribution in [1.82, 2.24) is 15.1 Å². The fraction of sp³-hybridized carbons (Fsp3) is 0.500. The average Bonchev–Trinajstić information content (AvgIpc) is 3.28. The normalized spacial score (nSPS) is 21.9. The Morgan fingerprint density at radius 1 is 1.09 bits per heavy atom. The van der Waals surface area contributed by atoms with E-state index in [-0.39, 0.29) is 5.75 Å². The predicted molar refractivity (Wildman–Crippen MR) is 122 cm³/mol. The van der Waals surface area contributed by atoms with Crippen LogP contribution in [0.1, 0.15) is 61.8 Å². The molecule has 0 radical (unpaired) electrons. The zero-order chi connectivity index (χ0) is 24.7. The monoisotopic (exact) mass is 493 g/mol. The molecule has 0 bridgehead atoms. The molecule has 3 aromatic rings. The number of nitrogens with one attached hydrogen (secondary N) is 1. The van der Waals surface area contributed by atoms with Crippen molar-refractivity contribution < 1.29 is 26.7 Å². The van der Waals surface area contributed by atoms with Gasteiger partial charge in [0.25, 0.3) is 0 Å². The predicted octanol–water partition coefficient (Wildman–Crippen LogP) is 6.70. The molecule has 0 unspecified atom stereocenters. The Bertz CT molecular complexity index is 1180. The van der Waals surface area contributed by atoms with E-state index in [0.717, 1.165) is 59.2 Å². The summed E-state index contributed by atoms with van der Waals surface area (Å²) in [6.45, 7) is 0.749. The summed E-state index contributed by atoms with van der Waals surface area (Å²) in [5, 5.41) is 7.63. The van der Waals surface area contributed by atoms with Crippen molar-refractivity contribution in [3.8, 4) is 5.75 Å². The smallest absolute Gasteiger partial charge is 0.401 e. The quantitative estimate of drug-likeness (QED) is 0.402. The third kappa shape index (κ3) is 4.87. The van der Waals surface area contributed by atoms with Gasteiger partial charge in [-0.15, -0.1) is 0 Å². The van der Waals surface area contributed by atoms with Crippen LogP contribution in [0.3, 0.4) is 0 Å². The lowest BCUT2D eigenvalue weighted by atomic mass is 9.83. The molecular weight excluding hydrogens is 465 g/mol. The van der Waals surface area contributed by atoms with Crippen LogP contribution in [0, 0.1) is 17.6 Å². The van der Waals surface area contributed by atoms with Gasteiger partial charge < -0.3 is 4.74 Å². The number of H-pyrrole nitrogens is 1. The Morgan fingerprint density at radius 3 is 2.49 bits per heavy atom. The van der Waals surface area contributed by atoms with Crippen LogP contribution in [-0.2, 0) is 6.42 Å². The molecule has 0 spiro atoms. The number of aromatic amines is 1. The number of aromatic nitrogens is 2. The maximum atomic E-state index is 15.5. The summed E-state index contributed by atoms with van der Waals surface area (Å²) in [4.78, 5) is 1.14. The van der Waals surface area contributed by atoms with E-state index < -0.39 is 42.0 Å². The van der Waals surface area contributed by atoms with Crippen LogP contribution in [0.4, 0.5) is 22.0 Å². The molecule has 1 aliphatic carbocycles. The second-order valence-electron chi connectivity index (χ2n) is 9.82. The summed E-state index contributed by atoms with van der Waals surface area (Å²) >= 11 is 0. The van der Waals surface area contributed by atoms with Crippen molar-refractivity contribution >= 4 is 10.9 Å². The molecule has 1 fully saturated rings. The average molecular weight is 494 g/mol. The fourth-order valence-electron chi connectivity index (χ4n) is 5.67. The number of halogens is 5. The highest BCUT2D eigenvalue weighted by molar-refractivity contribution is 5.83. The van der Waals surface area contributed by atoms with Crippen molar-refractivity contribution in [1.29, 1.82) is 0 Å². The van der Waals surface area contributed by atoms with Crippen molar-refractivity contribution in [3.63, 3.8) is 0 Å². The number of ether oxygens (including phenoxy) is 1. The van der Waals surface area contributed by atoms with E-state index in [1.807, 2.05) is 0 Å². The molecule has 2 atom stereocenters. The SMILES string of the molecule is C[C@@H]1Cc2c(ccc3[nH]ncc23)[C@@H](c2c(F)cc(OCC3CCCCC3)cc2F)N1CC(F)(F)F. The molecular formula is C26H28F5N3O. The van der Waals surface area contributed by atoms with Crippen LogP contribution in [0.2, 0.25) is 0 Å². The maximum Gasteiger partial charge on any atom is 0.401 e. The number of hydrogen-bond donors (Lipinski definition) is 1. The maximum absolute atomic E-state index is 15.5. The zero-order valence-electron chi connectivity index (χ0n) is 19.5. The molecule has 0 amide bonds. The molecule has 1 aliphatic heterocycles. The number of hydrogen-bond acceptors (Lipinski definition) is 3. The van der Waals surface area contributed by atoms with E-state index in [2.05, 4.69) is 10.2 Å². The topological polar surface area (TPSA) is 41.1 Å².